The number of nitrogens with one attached hydrogen (secondary N) is 1. The molecule has 154 valence electrons. The number of aliphatic carboxylic acids is 1. The van der Waals surface area contributed by atoms with Gasteiger partial charge in [-0.3, -0.25) is 0 Å². The van der Waals surface area contributed by atoms with Gasteiger partial charge in [0, 0.05) is 5.92 Å². The van der Waals surface area contributed by atoms with Crippen molar-refractivity contribution < 1.29 is 19.4 Å². The second-order valence-corrected chi connectivity index (χ2v) is 8.16. The van der Waals surface area contributed by atoms with Crippen LogP contribution >= 0.6 is 0 Å². The van der Waals surface area contributed by atoms with Crippen LogP contribution in [0.1, 0.15) is 50.7 Å². The SMILES string of the molecule is CC(C)C(C)CC[C@H](NC(=O)OCC1c2ccccc2-c2ccccc21)C(=O)O. The van der Waals surface area contributed by atoms with Crippen molar-refractivity contribution in [1.82, 2.24) is 5.32 Å². The molecule has 0 saturated carbocycles. The topological polar surface area (TPSA) is 75.6 Å². The molecule has 1 unspecified atom stereocenters. The number of carbonyl (C=O) groups is 2. The second-order valence-electron chi connectivity index (χ2n) is 8.16. The van der Waals surface area contributed by atoms with Gasteiger partial charge in [0.1, 0.15) is 12.6 Å². The summed E-state index contributed by atoms with van der Waals surface area (Å²) in [4.78, 5) is 23.9. The summed E-state index contributed by atoms with van der Waals surface area (Å²) >= 11 is 0. The van der Waals surface area contributed by atoms with Crippen LogP contribution in [0.3, 0.4) is 0 Å². The largest absolute Gasteiger partial charge is 0.480 e. The molecule has 1 aliphatic rings. The highest BCUT2D eigenvalue weighted by Gasteiger charge is 2.29. The molecule has 2 N–H and O–H groups in total. The quantitative estimate of drug-likeness (QED) is 0.656. The molecule has 0 aliphatic heterocycles. The zero-order chi connectivity index (χ0) is 21.0. The van der Waals surface area contributed by atoms with E-state index in [-0.39, 0.29) is 12.5 Å². The molecule has 2 aromatic carbocycles. The number of carboxylic acid groups (broad SMARTS) is 1. The number of benzene rings is 2. The molecule has 2 aromatic rings. The van der Waals surface area contributed by atoms with Gasteiger partial charge in [0.25, 0.3) is 0 Å². The summed E-state index contributed by atoms with van der Waals surface area (Å²) in [5, 5.41) is 12.0. The normalized spacial score (nSPS) is 14.8. The Labute approximate surface area is 172 Å². The smallest absolute Gasteiger partial charge is 0.407 e. The number of ether oxygens (including phenoxy) is 1. The van der Waals surface area contributed by atoms with Gasteiger partial charge in [0.2, 0.25) is 0 Å². The van der Waals surface area contributed by atoms with Crippen LogP contribution < -0.4 is 5.32 Å². The van der Waals surface area contributed by atoms with Gasteiger partial charge in [0.15, 0.2) is 0 Å². The minimum atomic E-state index is -1.03. The first-order chi connectivity index (χ1) is 13.9. The zero-order valence-corrected chi connectivity index (χ0v) is 17.2. The highest BCUT2D eigenvalue weighted by atomic mass is 16.5. The molecule has 1 aliphatic carbocycles. The minimum Gasteiger partial charge on any atom is -0.480 e. The third-order valence-electron chi connectivity index (χ3n) is 5.98. The van der Waals surface area contributed by atoms with Gasteiger partial charge in [-0.15, -0.1) is 0 Å². The summed E-state index contributed by atoms with van der Waals surface area (Å²) in [6.45, 7) is 6.49. The number of hydrogen-bond donors (Lipinski definition) is 2. The van der Waals surface area contributed by atoms with E-state index in [0.717, 1.165) is 28.7 Å². The highest BCUT2D eigenvalue weighted by Crippen LogP contribution is 2.44. The summed E-state index contributed by atoms with van der Waals surface area (Å²) in [6, 6.07) is 15.3. The molecule has 0 aromatic heterocycles. The summed E-state index contributed by atoms with van der Waals surface area (Å²) in [5.41, 5.74) is 4.57. The van der Waals surface area contributed by atoms with E-state index in [2.05, 4.69) is 50.4 Å². The number of alkyl carbamates (subject to hydrolysis) is 1. The Kier molecular flexibility index (Phi) is 6.57. The standard InChI is InChI=1S/C24H29NO4/c1-15(2)16(3)12-13-22(23(26)27)25-24(28)29-14-21-19-10-6-4-8-17(19)18-9-5-7-11-20(18)21/h4-11,15-16,21-22H,12-14H2,1-3H3,(H,25,28)(H,26,27)/t16?,22-/m0/s1. The summed E-state index contributed by atoms with van der Waals surface area (Å²) < 4.78 is 5.46. The molecule has 0 spiro atoms. The molecule has 2 atom stereocenters. The van der Waals surface area contributed by atoms with Gasteiger partial charge >= 0.3 is 12.1 Å². The minimum absolute atomic E-state index is 0.0441. The van der Waals surface area contributed by atoms with E-state index in [1.54, 1.807) is 0 Å². The Bertz CT molecular complexity index is 831. The van der Waals surface area contributed by atoms with Gasteiger partial charge in [0.05, 0.1) is 0 Å². The first-order valence-electron chi connectivity index (χ1n) is 10.2. The van der Waals surface area contributed by atoms with Gasteiger partial charge in [-0.2, -0.15) is 0 Å². The summed E-state index contributed by atoms with van der Waals surface area (Å²) in [7, 11) is 0. The monoisotopic (exact) mass is 395 g/mol. The van der Waals surface area contributed by atoms with Crippen molar-refractivity contribution in [1.29, 1.82) is 0 Å². The van der Waals surface area contributed by atoms with E-state index in [4.69, 9.17) is 4.74 Å². The van der Waals surface area contributed by atoms with Crippen LogP contribution in [0.4, 0.5) is 4.79 Å². The molecule has 3 rings (SSSR count). The molecule has 5 nitrogen and oxygen atoms in total. The van der Waals surface area contributed by atoms with Crippen molar-refractivity contribution in [3.05, 3.63) is 59.7 Å². The summed E-state index contributed by atoms with van der Waals surface area (Å²) in [6.07, 6.45) is 0.438. The van der Waals surface area contributed by atoms with Crippen LogP contribution in [0.2, 0.25) is 0 Å². The lowest BCUT2D eigenvalue weighted by Gasteiger charge is -2.20. The Morgan fingerprint density at radius 2 is 1.52 bits per heavy atom. The third kappa shape index (κ3) is 4.78. The maximum Gasteiger partial charge on any atom is 0.407 e. The van der Waals surface area contributed by atoms with Crippen LogP contribution in [-0.2, 0) is 9.53 Å². The highest BCUT2D eigenvalue weighted by molar-refractivity contribution is 5.81. The molecular weight excluding hydrogens is 366 g/mol. The van der Waals surface area contributed by atoms with E-state index in [0.29, 0.717) is 18.3 Å². The fraction of sp³-hybridized carbons (Fsp3) is 0.417. The number of rotatable bonds is 8. The second kappa shape index (κ2) is 9.12. The van der Waals surface area contributed by atoms with Crippen LogP contribution in [0.15, 0.2) is 48.5 Å². The van der Waals surface area contributed by atoms with Crippen LogP contribution in [0.5, 0.6) is 0 Å². The molecule has 0 bridgehead atoms. The molecule has 0 radical (unpaired) electrons. The Hall–Kier alpha value is -2.82. The van der Waals surface area contributed by atoms with Gasteiger partial charge in [-0.05, 0) is 46.9 Å². The van der Waals surface area contributed by atoms with E-state index in [1.165, 1.54) is 0 Å². The van der Waals surface area contributed by atoms with E-state index >= 15 is 0 Å². The van der Waals surface area contributed by atoms with Crippen molar-refractivity contribution in [2.75, 3.05) is 6.61 Å². The Balaban J connectivity index is 1.62. The molecule has 0 heterocycles. The molecule has 29 heavy (non-hydrogen) atoms. The first kappa shape index (κ1) is 20.9. The van der Waals surface area contributed by atoms with Crippen molar-refractivity contribution in [2.24, 2.45) is 11.8 Å². The lowest BCUT2D eigenvalue weighted by atomic mass is 9.91. The summed E-state index contributed by atoms with van der Waals surface area (Å²) in [5.74, 6) is -0.216. The van der Waals surface area contributed by atoms with E-state index < -0.39 is 18.1 Å². The Morgan fingerprint density at radius 1 is 0.966 bits per heavy atom. The van der Waals surface area contributed by atoms with Crippen molar-refractivity contribution >= 4 is 12.1 Å². The number of hydrogen-bond acceptors (Lipinski definition) is 3. The van der Waals surface area contributed by atoms with Gasteiger partial charge in [-0.1, -0.05) is 69.3 Å². The van der Waals surface area contributed by atoms with Crippen LogP contribution in [0.25, 0.3) is 11.1 Å². The molecule has 5 heteroatoms. The lowest BCUT2D eigenvalue weighted by molar-refractivity contribution is -0.139. The number of fused-ring (bicyclic) bond motifs is 3. The van der Waals surface area contributed by atoms with E-state index in [9.17, 15) is 14.7 Å². The number of amides is 1. The van der Waals surface area contributed by atoms with Crippen LogP contribution in [0, 0.1) is 11.8 Å². The Morgan fingerprint density at radius 3 is 2.03 bits per heavy atom. The van der Waals surface area contributed by atoms with Crippen molar-refractivity contribution in [3.63, 3.8) is 0 Å². The maximum atomic E-state index is 12.3. The van der Waals surface area contributed by atoms with Gasteiger partial charge < -0.3 is 15.2 Å². The maximum absolute atomic E-state index is 12.3. The van der Waals surface area contributed by atoms with Crippen molar-refractivity contribution in [3.8, 4) is 11.1 Å². The molecule has 0 fully saturated rings. The average Bonchev–Trinajstić information content (AvgIpc) is 3.03. The van der Waals surface area contributed by atoms with E-state index in [1.807, 2.05) is 24.3 Å². The predicted molar refractivity (Wildman–Crippen MR) is 113 cm³/mol. The fourth-order valence-corrected chi connectivity index (χ4v) is 3.80. The first-order valence-corrected chi connectivity index (χ1v) is 10.2. The van der Waals surface area contributed by atoms with Crippen molar-refractivity contribution in [2.45, 2.75) is 45.6 Å². The number of carboxylic acids is 1. The molecule has 0 saturated heterocycles. The molecule has 1 amide bonds. The van der Waals surface area contributed by atoms with Gasteiger partial charge in [-0.25, -0.2) is 9.59 Å². The average molecular weight is 395 g/mol. The molecular formula is C24H29NO4. The number of carbonyl (C=O) groups excluding carboxylic acids is 1. The fourth-order valence-electron chi connectivity index (χ4n) is 3.80. The predicted octanol–water partition coefficient (Wildman–Crippen LogP) is 5.05. The third-order valence-corrected chi connectivity index (χ3v) is 5.98. The zero-order valence-electron chi connectivity index (χ0n) is 17.2. The lowest BCUT2D eigenvalue weighted by Crippen LogP contribution is -2.41. The van der Waals surface area contributed by atoms with Crippen LogP contribution in [-0.4, -0.2) is 29.8 Å².